The molecule has 0 saturated carbocycles. The molecule has 5 heteroatoms. The van der Waals surface area contributed by atoms with E-state index in [-0.39, 0.29) is 0 Å². The van der Waals surface area contributed by atoms with Crippen molar-refractivity contribution >= 4 is 11.8 Å². The third kappa shape index (κ3) is 2.90. The van der Waals surface area contributed by atoms with Crippen LogP contribution in [0.4, 0.5) is 5.69 Å². The van der Waals surface area contributed by atoms with Crippen molar-refractivity contribution < 1.29 is 9.21 Å². The van der Waals surface area contributed by atoms with E-state index in [1.807, 2.05) is 0 Å². The van der Waals surface area contributed by atoms with Gasteiger partial charge in [0.2, 0.25) is 17.9 Å². The van der Waals surface area contributed by atoms with Crippen molar-refractivity contribution in [3.8, 4) is 11.5 Å². The number of isocyanates is 1. The van der Waals surface area contributed by atoms with E-state index in [9.17, 15) is 4.79 Å². The number of nitrogens with zero attached hydrogens (tertiary/aromatic N) is 3. The van der Waals surface area contributed by atoms with E-state index in [1.54, 1.807) is 24.3 Å². The van der Waals surface area contributed by atoms with Crippen LogP contribution in [0, 0.1) is 0 Å². The van der Waals surface area contributed by atoms with Gasteiger partial charge in [0.05, 0.1) is 5.69 Å². The summed E-state index contributed by atoms with van der Waals surface area (Å²) in [4.78, 5) is 13.6. The van der Waals surface area contributed by atoms with Gasteiger partial charge in [0, 0.05) is 12.0 Å². The lowest BCUT2D eigenvalue weighted by Crippen LogP contribution is -1.83. The monoisotopic (exact) mass is 243 g/mol. The summed E-state index contributed by atoms with van der Waals surface area (Å²) in [6.45, 7) is 2.11. The highest BCUT2D eigenvalue weighted by molar-refractivity contribution is 5.58. The van der Waals surface area contributed by atoms with Crippen molar-refractivity contribution in [1.82, 2.24) is 10.2 Å². The normalized spacial score (nSPS) is 10.1. The van der Waals surface area contributed by atoms with Gasteiger partial charge in [-0.25, -0.2) is 4.79 Å². The van der Waals surface area contributed by atoms with Crippen molar-refractivity contribution in [2.24, 2.45) is 4.99 Å². The average Bonchev–Trinajstić information content (AvgIpc) is 2.86. The summed E-state index contributed by atoms with van der Waals surface area (Å²) in [7, 11) is 0. The van der Waals surface area contributed by atoms with Crippen LogP contribution < -0.4 is 0 Å². The van der Waals surface area contributed by atoms with E-state index < -0.39 is 0 Å². The van der Waals surface area contributed by atoms with E-state index >= 15 is 0 Å². The summed E-state index contributed by atoms with van der Waals surface area (Å²) < 4.78 is 5.54. The molecule has 2 aromatic rings. The number of unbranched alkanes of at least 4 members (excludes halogenated alkanes) is 1. The van der Waals surface area contributed by atoms with Gasteiger partial charge in [0.15, 0.2) is 0 Å². The van der Waals surface area contributed by atoms with Crippen LogP contribution >= 0.6 is 0 Å². The first-order valence-electron chi connectivity index (χ1n) is 5.84. The number of hydrogen-bond donors (Lipinski definition) is 0. The largest absolute Gasteiger partial charge is 0.421 e. The lowest BCUT2D eigenvalue weighted by Gasteiger charge is -1.95. The van der Waals surface area contributed by atoms with Gasteiger partial charge in [-0.05, 0) is 30.7 Å². The molecule has 0 bridgehead atoms. The van der Waals surface area contributed by atoms with Gasteiger partial charge in [-0.1, -0.05) is 13.3 Å². The molecule has 0 atom stereocenters. The molecule has 0 N–H and O–H groups in total. The van der Waals surface area contributed by atoms with Crippen LogP contribution in [0.3, 0.4) is 0 Å². The molecule has 0 aliphatic rings. The molecule has 1 aromatic carbocycles. The highest BCUT2D eigenvalue weighted by Crippen LogP contribution is 2.21. The number of aryl methyl sites for hydroxylation is 1. The fourth-order valence-corrected chi connectivity index (χ4v) is 1.53. The van der Waals surface area contributed by atoms with Crippen LogP contribution in [0.15, 0.2) is 33.7 Å². The second-order valence-corrected chi connectivity index (χ2v) is 3.85. The third-order valence-electron chi connectivity index (χ3n) is 2.50. The zero-order valence-electron chi connectivity index (χ0n) is 10.1. The molecule has 1 heterocycles. The number of rotatable bonds is 5. The van der Waals surface area contributed by atoms with Crippen LogP contribution in [0.1, 0.15) is 25.7 Å². The van der Waals surface area contributed by atoms with E-state index in [0.29, 0.717) is 17.5 Å². The van der Waals surface area contributed by atoms with Gasteiger partial charge < -0.3 is 4.42 Å². The Bertz CT molecular complexity index is 554. The third-order valence-corrected chi connectivity index (χ3v) is 2.50. The predicted molar refractivity (Wildman–Crippen MR) is 66.1 cm³/mol. The quantitative estimate of drug-likeness (QED) is 0.597. The van der Waals surface area contributed by atoms with E-state index in [4.69, 9.17) is 4.42 Å². The number of aromatic nitrogens is 2. The molecule has 0 saturated heterocycles. The zero-order valence-corrected chi connectivity index (χ0v) is 10.1. The van der Waals surface area contributed by atoms with Crippen LogP contribution in [0.5, 0.6) is 0 Å². The minimum absolute atomic E-state index is 0.489. The second kappa shape index (κ2) is 5.89. The molecule has 92 valence electrons. The summed E-state index contributed by atoms with van der Waals surface area (Å²) >= 11 is 0. The molecule has 0 radical (unpaired) electrons. The van der Waals surface area contributed by atoms with Crippen LogP contribution in [-0.2, 0) is 11.2 Å². The van der Waals surface area contributed by atoms with E-state index in [1.165, 1.54) is 6.08 Å². The highest BCUT2D eigenvalue weighted by Gasteiger charge is 2.07. The van der Waals surface area contributed by atoms with Crippen LogP contribution in [-0.4, -0.2) is 16.3 Å². The Hall–Kier alpha value is -2.26. The van der Waals surface area contributed by atoms with Gasteiger partial charge in [-0.2, -0.15) is 4.99 Å². The highest BCUT2D eigenvalue weighted by atomic mass is 16.4. The Morgan fingerprint density at radius 2 is 2.06 bits per heavy atom. The molecule has 0 aliphatic heterocycles. The van der Waals surface area contributed by atoms with Crippen molar-refractivity contribution in [2.45, 2.75) is 26.2 Å². The first-order chi connectivity index (χ1) is 8.83. The van der Waals surface area contributed by atoms with Crippen molar-refractivity contribution in [3.05, 3.63) is 30.2 Å². The molecule has 0 spiro atoms. The van der Waals surface area contributed by atoms with Crippen molar-refractivity contribution in [2.75, 3.05) is 0 Å². The lowest BCUT2D eigenvalue weighted by atomic mass is 10.2. The standard InChI is InChI=1S/C13H13N3O2/c1-2-3-4-12-15-16-13(18-12)10-5-7-11(8-6-10)14-9-17/h5-8H,2-4H2,1H3. The first kappa shape index (κ1) is 12.2. The molecule has 18 heavy (non-hydrogen) atoms. The summed E-state index contributed by atoms with van der Waals surface area (Å²) in [5.41, 5.74) is 1.37. The Morgan fingerprint density at radius 3 is 2.72 bits per heavy atom. The Balaban J connectivity index is 2.15. The van der Waals surface area contributed by atoms with E-state index in [2.05, 4.69) is 22.1 Å². The number of hydrogen-bond acceptors (Lipinski definition) is 5. The lowest BCUT2D eigenvalue weighted by molar-refractivity contribution is 0.496. The summed E-state index contributed by atoms with van der Waals surface area (Å²) in [5.74, 6) is 1.14. The van der Waals surface area contributed by atoms with Crippen molar-refractivity contribution in [3.63, 3.8) is 0 Å². The summed E-state index contributed by atoms with van der Waals surface area (Å²) in [6.07, 6.45) is 4.43. The molecular weight excluding hydrogens is 230 g/mol. The SMILES string of the molecule is CCCCc1nnc(-c2ccc(N=C=O)cc2)o1. The summed E-state index contributed by atoms with van der Waals surface area (Å²) in [6, 6.07) is 6.98. The fraction of sp³-hybridized carbons (Fsp3) is 0.308. The maximum atomic E-state index is 10.1. The molecule has 0 amide bonds. The minimum atomic E-state index is 0.489. The summed E-state index contributed by atoms with van der Waals surface area (Å²) in [5, 5.41) is 7.98. The molecular formula is C13H13N3O2. The molecule has 0 aliphatic carbocycles. The Morgan fingerprint density at radius 1 is 1.28 bits per heavy atom. The number of carbonyl (C=O) groups excluding carboxylic acids is 1. The van der Waals surface area contributed by atoms with E-state index in [0.717, 1.165) is 24.8 Å². The van der Waals surface area contributed by atoms with Gasteiger partial charge >= 0.3 is 0 Å². The molecule has 0 unspecified atom stereocenters. The van der Waals surface area contributed by atoms with Gasteiger partial charge in [-0.15, -0.1) is 10.2 Å². The average molecular weight is 243 g/mol. The molecule has 2 rings (SSSR count). The van der Waals surface area contributed by atoms with Crippen molar-refractivity contribution in [1.29, 1.82) is 0 Å². The maximum absolute atomic E-state index is 10.1. The number of aliphatic imine (C=N–C) groups is 1. The predicted octanol–water partition coefficient (Wildman–Crippen LogP) is 3.05. The first-order valence-corrected chi connectivity index (χ1v) is 5.84. The number of benzene rings is 1. The Labute approximate surface area is 105 Å². The second-order valence-electron chi connectivity index (χ2n) is 3.85. The topological polar surface area (TPSA) is 68.3 Å². The van der Waals surface area contributed by atoms with Gasteiger partial charge in [-0.3, -0.25) is 0 Å². The smallest absolute Gasteiger partial charge is 0.247 e. The minimum Gasteiger partial charge on any atom is -0.421 e. The van der Waals surface area contributed by atoms with Gasteiger partial charge in [0.1, 0.15) is 0 Å². The molecule has 1 aromatic heterocycles. The maximum Gasteiger partial charge on any atom is 0.247 e. The van der Waals surface area contributed by atoms with Crippen LogP contribution in [0.2, 0.25) is 0 Å². The zero-order chi connectivity index (χ0) is 12.8. The van der Waals surface area contributed by atoms with Gasteiger partial charge in [0.25, 0.3) is 0 Å². The fourth-order valence-electron chi connectivity index (χ4n) is 1.53. The van der Waals surface area contributed by atoms with Crippen LogP contribution in [0.25, 0.3) is 11.5 Å². The Kier molecular flexibility index (Phi) is 3.99. The molecule has 0 fully saturated rings. The molecule has 5 nitrogen and oxygen atoms in total.